The summed E-state index contributed by atoms with van der Waals surface area (Å²) < 4.78 is 5.13. The zero-order valence-electron chi connectivity index (χ0n) is 15.8. The molecule has 2 amide bonds. The van der Waals surface area contributed by atoms with Crippen molar-refractivity contribution in [2.45, 2.75) is 44.4 Å². The topological polar surface area (TPSA) is 122 Å². The summed E-state index contributed by atoms with van der Waals surface area (Å²) in [4.78, 5) is 46.3. The lowest BCUT2D eigenvalue weighted by Gasteiger charge is -2.21. The maximum absolute atomic E-state index is 12.5. The highest BCUT2D eigenvalue weighted by molar-refractivity contribution is 7.98. The number of aldehydes is 1. The number of carboxylic acids is 1. The summed E-state index contributed by atoms with van der Waals surface area (Å²) >= 11 is 1.50. The normalized spacial score (nSPS) is 12.5. The molecule has 0 heterocycles. The van der Waals surface area contributed by atoms with Gasteiger partial charge in [-0.05, 0) is 36.8 Å². The third-order valence-corrected chi connectivity index (χ3v) is 4.51. The Labute approximate surface area is 168 Å². The molecular weight excluding hydrogens is 384 g/mol. The van der Waals surface area contributed by atoms with Gasteiger partial charge in [-0.15, -0.1) is 0 Å². The van der Waals surface area contributed by atoms with Gasteiger partial charge in [-0.3, -0.25) is 4.79 Å². The predicted molar refractivity (Wildman–Crippen MR) is 106 cm³/mol. The number of unbranched alkanes of at least 4 members (excludes halogenated alkanes) is 1. The smallest absolute Gasteiger partial charge is 0.408 e. The first-order chi connectivity index (χ1) is 13.5. The van der Waals surface area contributed by atoms with Crippen molar-refractivity contribution in [3.05, 3.63) is 35.9 Å². The van der Waals surface area contributed by atoms with E-state index in [0.717, 1.165) is 5.56 Å². The average Bonchev–Trinajstić information content (AvgIpc) is 2.69. The van der Waals surface area contributed by atoms with Crippen LogP contribution in [0.15, 0.2) is 30.3 Å². The second-order valence-corrected chi connectivity index (χ2v) is 7.02. The number of nitrogens with one attached hydrogen (secondary N) is 2. The molecule has 3 N–H and O–H groups in total. The minimum atomic E-state index is -1.19. The molecule has 1 rings (SSSR count). The SMILES string of the molecule is CSCC[C@H](NC(=O)OCc1ccccc1)C(=O)NC(CCCC=O)C(=O)O. The van der Waals surface area contributed by atoms with E-state index in [0.29, 0.717) is 24.9 Å². The zero-order chi connectivity index (χ0) is 20.8. The summed E-state index contributed by atoms with van der Waals surface area (Å²) in [5.41, 5.74) is 0.809. The van der Waals surface area contributed by atoms with Crippen molar-refractivity contribution in [2.24, 2.45) is 0 Å². The number of carboxylic acid groups (broad SMARTS) is 1. The number of amides is 2. The van der Waals surface area contributed by atoms with E-state index in [2.05, 4.69) is 10.6 Å². The third-order valence-electron chi connectivity index (χ3n) is 3.86. The number of hydrogen-bond acceptors (Lipinski definition) is 6. The van der Waals surface area contributed by atoms with Crippen molar-refractivity contribution in [3.63, 3.8) is 0 Å². The minimum Gasteiger partial charge on any atom is -0.480 e. The highest BCUT2D eigenvalue weighted by Gasteiger charge is 2.26. The lowest BCUT2D eigenvalue weighted by molar-refractivity contribution is -0.142. The van der Waals surface area contributed by atoms with Gasteiger partial charge in [0.05, 0.1) is 0 Å². The van der Waals surface area contributed by atoms with Gasteiger partial charge in [0.1, 0.15) is 25.0 Å². The Morgan fingerprint density at radius 2 is 1.86 bits per heavy atom. The van der Waals surface area contributed by atoms with Gasteiger partial charge in [0.15, 0.2) is 0 Å². The molecule has 0 aliphatic heterocycles. The molecule has 0 spiro atoms. The largest absolute Gasteiger partial charge is 0.480 e. The number of benzene rings is 1. The highest BCUT2D eigenvalue weighted by atomic mass is 32.2. The fraction of sp³-hybridized carbons (Fsp3) is 0.474. The summed E-state index contributed by atoms with van der Waals surface area (Å²) in [7, 11) is 0. The Morgan fingerprint density at radius 1 is 1.14 bits per heavy atom. The number of thioether (sulfide) groups is 1. The maximum atomic E-state index is 12.5. The molecular formula is C19H26N2O6S. The fourth-order valence-corrected chi connectivity index (χ4v) is 2.82. The number of ether oxygens (including phenoxy) is 1. The van der Waals surface area contributed by atoms with Gasteiger partial charge in [0.2, 0.25) is 5.91 Å². The van der Waals surface area contributed by atoms with Crippen molar-refractivity contribution in [2.75, 3.05) is 12.0 Å². The van der Waals surface area contributed by atoms with E-state index in [1.54, 1.807) is 0 Å². The number of rotatable bonds is 13. The Bertz CT molecular complexity index is 641. The first kappa shape index (κ1) is 23.5. The van der Waals surface area contributed by atoms with Crippen LogP contribution in [0.4, 0.5) is 4.79 Å². The highest BCUT2D eigenvalue weighted by Crippen LogP contribution is 2.06. The fourth-order valence-electron chi connectivity index (χ4n) is 2.35. The van der Waals surface area contributed by atoms with Crippen LogP contribution in [-0.2, 0) is 25.7 Å². The molecule has 2 atom stereocenters. The van der Waals surface area contributed by atoms with Crippen molar-refractivity contribution in [1.82, 2.24) is 10.6 Å². The van der Waals surface area contributed by atoms with E-state index >= 15 is 0 Å². The van der Waals surface area contributed by atoms with Crippen molar-refractivity contribution < 1.29 is 29.0 Å². The first-order valence-electron chi connectivity index (χ1n) is 8.91. The molecule has 154 valence electrons. The van der Waals surface area contributed by atoms with Crippen molar-refractivity contribution in [3.8, 4) is 0 Å². The van der Waals surface area contributed by atoms with E-state index in [-0.39, 0.29) is 19.4 Å². The van der Waals surface area contributed by atoms with Crippen LogP contribution in [0.5, 0.6) is 0 Å². The van der Waals surface area contributed by atoms with Crippen LogP contribution in [0.2, 0.25) is 0 Å². The summed E-state index contributed by atoms with van der Waals surface area (Å²) in [6.45, 7) is 0.0625. The van der Waals surface area contributed by atoms with Crippen LogP contribution in [0, 0.1) is 0 Å². The molecule has 0 saturated carbocycles. The molecule has 0 aliphatic rings. The van der Waals surface area contributed by atoms with E-state index in [9.17, 15) is 24.3 Å². The lowest BCUT2D eigenvalue weighted by Crippen LogP contribution is -2.51. The van der Waals surface area contributed by atoms with E-state index in [4.69, 9.17) is 4.74 Å². The summed E-state index contributed by atoms with van der Waals surface area (Å²) in [6, 6.07) is 7.07. The molecule has 1 aromatic carbocycles. The lowest BCUT2D eigenvalue weighted by atomic mass is 10.1. The standard InChI is InChI=1S/C19H26N2O6S/c1-28-12-10-15(17(23)20-16(18(24)25)9-5-6-11-22)21-19(26)27-13-14-7-3-2-4-8-14/h2-4,7-8,11,15-16H,5-6,9-10,12-13H2,1H3,(H,20,23)(H,21,26)(H,24,25)/t15-,16?/m0/s1. The Balaban J connectivity index is 2.62. The minimum absolute atomic E-state index is 0.0625. The van der Waals surface area contributed by atoms with Gasteiger partial charge in [0.25, 0.3) is 0 Å². The molecule has 0 aliphatic carbocycles. The number of aliphatic carboxylic acids is 1. The number of alkyl carbamates (subject to hydrolysis) is 1. The predicted octanol–water partition coefficient (Wildman–Crippen LogP) is 1.97. The van der Waals surface area contributed by atoms with E-state index in [1.165, 1.54) is 11.8 Å². The van der Waals surface area contributed by atoms with Crippen LogP contribution in [0.25, 0.3) is 0 Å². The molecule has 0 aromatic heterocycles. The molecule has 1 aromatic rings. The van der Waals surface area contributed by atoms with Crippen LogP contribution >= 0.6 is 11.8 Å². The van der Waals surface area contributed by atoms with Crippen LogP contribution in [-0.4, -0.2) is 53.5 Å². The van der Waals surface area contributed by atoms with Gasteiger partial charge in [0, 0.05) is 6.42 Å². The van der Waals surface area contributed by atoms with Crippen LogP contribution in [0.3, 0.4) is 0 Å². The Morgan fingerprint density at radius 3 is 2.46 bits per heavy atom. The van der Waals surface area contributed by atoms with Gasteiger partial charge in [-0.25, -0.2) is 9.59 Å². The molecule has 9 heteroatoms. The number of carbonyl (C=O) groups is 4. The second kappa shape index (κ2) is 13.6. The van der Waals surface area contributed by atoms with Gasteiger partial charge >= 0.3 is 12.1 Å². The maximum Gasteiger partial charge on any atom is 0.408 e. The second-order valence-electron chi connectivity index (χ2n) is 6.04. The molecule has 1 unspecified atom stereocenters. The first-order valence-corrected chi connectivity index (χ1v) is 10.3. The van der Waals surface area contributed by atoms with Gasteiger partial charge < -0.3 is 25.3 Å². The monoisotopic (exact) mass is 410 g/mol. The van der Waals surface area contributed by atoms with E-state index in [1.807, 2.05) is 36.6 Å². The van der Waals surface area contributed by atoms with Crippen LogP contribution < -0.4 is 10.6 Å². The number of hydrogen-bond donors (Lipinski definition) is 3. The van der Waals surface area contributed by atoms with Gasteiger partial charge in [-0.1, -0.05) is 30.3 Å². The van der Waals surface area contributed by atoms with E-state index < -0.39 is 30.1 Å². The van der Waals surface area contributed by atoms with Crippen molar-refractivity contribution in [1.29, 1.82) is 0 Å². The summed E-state index contributed by atoms with van der Waals surface area (Å²) in [5.74, 6) is -1.18. The molecule has 0 bridgehead atoms. The average molecular weight is 410 g/mol. The zero-order valence-corrected chi connectivity index (χ0v) is 16.6. The summed E-state index contributed by atoms with van der Waals surface area (Å²) in [5, 5.41) is 14.2. The van der Waals surface area contributed by atoms with Gasteiger partial charge in [-0.2, -0.15) is 11.8 Å². The molecule has 8 nitrogen and oxygen atoms in total. The Kier molecular flexibility index (Phi) is 11.4. The van der Waals surface area contributed by atoms with Crippen molar-refractivity contribution >= 4 is 36.0 Å². The van der Waals surface area contributed by atoms with Crippen LogP contribution in [0.1, 0.15) is 31.2 Å². The molecule has 0 saturated heterocycles. The molecule has 0 radical (unpaired) electrons. The third kappa shape index (κ3) is 9.40. The molecule has 0 fully saturated rings. The number of carbonyl (C=O) groups excluding carboxylic acids is 3. The molecule has 28 heavy (non-hydrogen) atoms. The quantitative estimate of drug-likeness (QED) is 0.336. The summed E-state index contributed by atoms with van der Waals surface area (Å²) in [6.07, 6.45) is 2.84. The Hall–Kier alpha value is -2.55.